The molecule has 0 bridgehead atoms. The molecule has 1 aliphatic carbocycles. The number of allylic oxidation sites excluding steroid dienone is 2. The van der Waals surface area contributed by atoms with Crippen molar-refractivity contribution in [2.24, 2.45) is 9.98 Å². The van der Waals surface area contributed by atoms with Gasteiger partial charge >= 0.3 is 0 Å². The third-order valence-corrected chi connectivity index (χ3v) is 2.48. The fraction of sp³-hybridized carbons (Fsp3) is 0.250. The summed E-state index contributed by atoms with van der Waals surface area (Å²) in [5.41, 5.74) is 0. The molecule has 0 N–H and O–H groups in total. The van der Waals surface area contributed by atoms with Crippen LogP contribution in [0.15, 0.2) is 32.7 Å². The third-order valence-electron chi connectivity index (χ3n) is 1.76. The summed E-state index contributed by atoms with van der Waals surface area (Å²) < 4.78 is 1.04. The minimum absolute atomic E-state index is 0.0712. The van der Waals surface area contributed by atoms with E-state index in [0.29, 0.717) is 5.17 Å². The Morgan fingerprint density at radius 3 is 3.08 bits per heavy atom. The highest BCUT2D eigenvalue weighted by atomic mass is 79.9. The lowest BCUT2D eigenvalue weighted by Crippen LogP contribution is -2.25. The molecule has 12 heavy (non-hydrogen) atoms. The van der Waals surface area contributed by atoms with Crippen LogP contribution in [0.25, 0.3) is 0 Å². The maximum absolute atomic E-state index is 5.72. The molecule has 0 amide bonds. The summed E-state index contributed by atoms with van der Waals surface area (Å²) in [5.74, 6) is 0. The number of hydrogen-bond donors (Lipinski definition) is 0. The van der Waals surface area contributed by atoms with E-state index >= 15 is 0 Å². The van der Waals surface area contributed by atoms with E-state index in [2.05, 4.69) is 25.9 Å². The number of halogens is 2. The van der Waals surface area contributed by atoms with Crippen molar-refractivity contribution in [1.29, 1.82) is 0 Å². The maximum Gasteiger partial charge on any atom is 0.142 e. The first-order valence-corrected chi connectivity index (χ1v) is 4.75. The van der Waals surface area contributed by atoms with Gasteiger partial charge < -0.3 is 0 Å². The van der Waals surface area contributed by atoms with Gasteiger partial charge in [-0.1, -0.05) is 39.7 Å². The van der Waals surface area contributed by atoms with Crippen molar-refractivity contribution in [3.05, 3.63) is 22.7 Å². The standard InChI is InChI=1S/C8H6BrClN2/c9-5-1-2-6-7(3-5)12-8(10)4-11-6/h1-4,6-7H. The Balaban J connectivity index is 2.30. The van der Waals surface area contributed by atoms with Gasteiger partial charge in [0.2, 0.25) is 0 Å². The van der Waals surface area contributed by atoms with E-state index in [1.807, 2.05) is 18.2 Å². The Bertz CT molecular complexity index is 287. The van der Waals surface area contributed by atoms with Crippen LogP contribution in [0, 0.1) is 0 Å². The van der Waals surface area contributed by atoms with Crippen LogP contribution in [0.5, 0.6) is 0 Å². The van der Waals surface area contributed by atoms with Gasteiger partial charge in [-0.3, -0.25) is 9.98 Å². The molecule has 2 aliphatic rings. The molecule has 0 fully saturated rings. The second-order valence-corrected chi connectivity index (χ2v) is 3.92. The van der Waals surface area contributed by atoms with Gasteiger partial charge in [0, 0.05) is 4.48 Å². The fourth-order valence-corrected chi connectivity index (χ4v) is 1.79. The van der Waals surface area contributed by atoms with Crippen LogP contribution in [0.4, 0.5) is 0 Å². The van der Waals surface area contributed by atoms with Crippen LogP contribution in [-0.2, 0) is 0 Å². The Morgan fingerprint density at radius 1 is 1.42 bits per heavy atom. The number of fused-ring (bicyclic) bond motifs is 1. The summed E-state index contributed by atoms with van der Waals surface area (Å²) in [5, 5.41) is 0.475. The molecule has 0 aromatic heterocycles. The molecule has 1 heterocycles. The average molecular weight is 246 g/mol. The summed E-state index contributed by atoms with van der Waals surface area (Å²) in [6.07, 6.45) is 7.59. The zero-order valence-electron chi connectivity index (χ0n) is 6.11. The molecular weight excluding hydrogens is 239 g/mol. The number of rotatable bonds is 0. The smallest absolute Gasteiger partial charge is 0.142 e. The second-order valence-electron chi connectivity index (χ2n) is 2.62. The summed E-state index contributed by atoms with van der Waals surface area (Å²) in [7, 11) is 0. The molecule has 0 saturated heterocycles. The van der Waals surface area contributed by atoms with Gasteiger partial charge in [-0.25, -0.2) is 0 Å². The van der Waals surface area contributed by atoms with Crippen molar-refractivity contribution in [3.63, 3.8) is 0 Å². The summed E-state index contributed by atoms with van der Waals surface area (Å²) in [4.78, 5) is 8.46. The molecule has 2 atom stereocenters. The molecular formula is C8H6BrClN2. The Morgan fingerprint density at radius 2 is 2.25 bits per heavy atom. The number of aliphatic imine (C=N–C) groups is 2. The summed E-state index contributed by atoms with van der Waals surface area (Å²) >= 11 is 9.10. The highest BCUT2D eigenvalue weighted by Crippen LogP contribution is 2.22. The summed E-state index contributed by atoms with van der Waals surface area (Å²) in [6.45, 7) is 0. The molecule has 2 nitrogen and oxygen atoms in total. The third kappa shape index (κ3) is 1.52. The van der Waals surface area contributed by atoms with Gasteiger partial charge in [0.05, 0.1) is 18.3 Å². The predicted octanol–water partition coefficient (Wildman–Crippen LogP) is 2.29. The van der Waals surface area contributed by atoms with Gasteiger partial charge in [0.15, 0.2) is 0 Å². The van der Waals surface area contributed by atoms with Crippen LogP contribution in [-0.4, -0.2) is 23.5 Å². The normalized spacial score (nSPS) is 32.5. The van der Waals surface area contributed by atoms with Crippen molar-refractivity contribution >= 4 is 38.9 Å². The Hall–Kier alpha value is -0.410. The molecule has 0 aromatic carbocycles. The molecule has 0 saturated carbocycles. The van der Waals surface area contributed by atoms with Gasteiger partial charge in [-0.15, -0.1) is 0 Å². The van der Waals surface area contributed by atoms with Crippen LogP contribution >= 0.6 is 27.5 Å². The molecule has 2 unspecified atom stereocenters. The lowest BCUT2D eigenvalue weighted by Gasteiger charge is -2.20. The SMILES string of the molecule is ClC1=NC2C=C(Br)C=CC2N=C1. The van der Waals surface area contributed by atoms with Crippen LogP contribution in [0.3, 0.4) is 0 Å². The monoisotopic (exact) mass is 244 g/mol. The minimum Gasteiger partial charge on any atom is -0.280 e. The second kappa shape index (κ2) is 3.15. The van der Waals surface area contributed by atoms with Crippen molar-refractivity contribution in [2.45, 2.75) is 12.1 Å². The van der Waals surface area contributed by atoms with E-state index in [0.717, 1.165) is 4.48 Å². The number of nitrogens with zero attached hydrogens (tertiary/aromatic N) is 2. The van der Waals surface area contributed by atoms with Crippen molar-refractivity contribution in [2.75, 3.05) is 0 Å². The quantitative estimate of drug-likeness (QED) is 0.626. The van der Waals surface area contributed by atoms with Crippen LogP contribution in [0.1, 0.15) is 0 Å². The van der Waals surface area contributed by atoms with E-state index in [1.54, 1.807) is 6.21 Å². The van der Waals surface area contributed by atoms with Gasteiger partial charge in [-0.2, -0.15) is 0 Å². The first kappa shape index (κ1) is 8.20. The van der Waals surface area contributed by atoms with Crippen molar-refractivity contribution in [3.8, 4) is 0 Å². The molecule has 4 heteroatoms. The minimum atomic E-state index is 0.0712. The first-order chi connectivity index (χ1) is 5.75. The highest BCUT2D eigenvalue weighted by Gasteiger charge is 2.21. The lowest BCUT2D eigenvalue weighted by molar-refractivity contribution is 0.701. The molecule has 0 radical (unpaired) electrons. The van der Waals surface area contributed by atoms with E-state index in [9.17, 15) is 0 Å². The average Bonchev–Trinajstić information content (AvgIpc) is 2.03. The fourth-order valence-electron chi connectivity index (χ4n) is 1.20. The Labute approximate surface area is 83.9 Å². The molecule has 1 aliphatic heterocycles. The van der Waals surface area contributed by atoms with Crippen molar-refractivity contribution in [1.82, 2.24) is 0 Å². The van der Waals surface area contributed by atoms with E-state index in [1.165, 1.54) is 0 Å². The highest BCUT2D eigenvalue weighted by molar-refractivity contribution is 9.11. The molecule has 0 aromatic rings. The van der Waals surface area contributed by atoms with Gasteiger partial charge in [-0.05, 0) is 6.08 Å². The van der Waals surface area contributed by atoms with Gasteiger partial charge in [0.25, 0.3) is 0 Å². The predicted molar refractivity (Wildman–Crippen MR) is 55.5 cm³/mol. The van der Waals surface area contributed by atoms with Crippen LogP contribution in [0.2, 0.25) is 0 Å². The largest absolute Gasteiger partial charge is 0.280 e. The van der Waals surface area contributed by atoms with E-state index in [4.69, 9.17) is 11.6 Å². The number of hydrogen-bond acceptors (Lipinski definition) is 2. The zero-order valence-corrected chi connectivity index (χ0v) is 8.46. The first-order valence-electron chi connectivity index (χ1n) is 3.58. The van der Waals surface area contributed by atoms with Crippen LogP contribution < -0.4 is 0 Å². The molecule has 62 valence electrons. The lowest BCUT2D eigenvalue weighted by atomic mass is 10.0. The topological polar surface area (TPSA) is 24.7 Å². The summed E-state index contributed by atoms with van der Waals surface area (Å²) in [6, 6.07) is 0.204. The molecule has 0 spiro atoms. The van der Waals surface area contributed by atoms with Crippen molar-refractivity contribution < 1.29 is 0 Å². The van der Waals surface area contributed by atoms with E-state index < -0.39 is 0 Å². The van der Waals surface area contributed by atoms with E-state index in [-0.39, 0.29) is 12.1 Å². The maximum atomic E-state index is 5.72. The molecule has 2 rings (SSSR count). The Kier molecular flexibility index (Phi) is 2.15. The van der Waals surface area contributed by atoms with Gasteiger partial charge in [0.1, 0.15) is 5.17 Å². The zero-order chi connectivity index (χ0) is 8.55.